The lowest BCUT2D eigenvalue weighted by molar-refractivity contribution is -0.141. The monoisotopic (exact) mass is 334 g/mol. The summed E-state index contributed by atoms with van der Waals surface area (Å²) in [7, 11) is 0. The molecule has 0 aromatic heterocycles. The highest BCUT2D eigenvalue weighted by molar-refractivity contribution is 5.93. The summed E-state index contributed by atoms with van der Waals surface area (Å²) >= 11 is 0. The van der Waals surface area contributed by atoms with Crippen LogP contribution in [0, 0.1) is 5.92 Å². The van der Waals surface area contributed by atoms with Gasteiger partial charge in [-0.2, -0.15) is 5.10 Å². The molecular weight excluding hydrogens is 312 g/mol. The lowest BCUT2D eigenvalue weighted by Crippen LogP contribution is -2.33. The van der Waals surface area contributed by atoms with Crippen molar-refractivity contribution >= 4 is 29.7 Å². The van der Waals surface area contributed by atoms with Gasteiger partial charge in [0.2, 0.25) is 11.8 Å². The zero-order valence-electron chi connectivity index (χ0n) is 13.5. The van der Waals surface area contributed by atoms with Crippen molar-refractivity contribution < 1.29 is 19.5 Å². The highest BCUT2D eigenvalue weighted by Crippen LogP contribution is 2.09. The lowest BCUT2D eigenvalue weighted by Gasteiger charge is -2.11. The number of hydrazone groups is 1. The van der Waals surface area contributed by atoms with Crippen molar-refractivity contribution in [2.24, 2.45) is 16.9 Å². The summed E-state index contributed by atoms with van der Waals surface area (Å²) in [6.07, 6.45) is 1.93. The average molecular weight is 334 g/mol. The van der Waals surface area contributed by atoms with Crippen LogP contribution in [0.5, 0.6) is 0 Å². The molecule has 130 valence electrons. The van der Waals surface area contributed by atoms with Crippen LogP contribution in [0.15, 0.2) is 29.4 Å². The van der Waals surface area contributed by atoms with E-state index in [1.54, 1.807) is 31.2 Å². The summed E-state index contributed by atoms with van der Waals surface area (Å²) in [6.45, 7) is 1.81. The van der Waals surface area contributed by atoms with E-state index in [-0.39, 0.29) is 31.2 Å². The van der Waals surface area contributed by atoms with E-state index in [1.165, 1.54) is 6.21 Å². The van der Waals surface area contributed by atoms with Gasteiger partial charge in [0.05, 0.1) is 12.1 Å². The Morgan fingerprint density at radius 2 is 1.83 bits per heavy atom. The van der Waals surface area contributed by atoms with Gasteiger partial charge < -0.3 is 21.6 Å². The number of hydrogen-bond acceptors (Lipinski definition) is 5. The number of benzene rings is 1. The van der Waals surface area contributed by atoms with Crippen LogP contribution in [0.3, 0.4) is 0 Å². The molecule has 0 heterocycles. The van der Waals surface area contributed by atoms with Crippen molar-refractivity contribution in [2.75, 3.05) is 11.9 Å². The number of carbonyl (C=O) groups excluding carboxylic acids is 2. The SMILES string of the molecule is CCC(CNC(=O)CCC(=O)Nc1ccc(C=NN)cc1)C(=O)O. The van der Waals surface area contributed by atoms with Gasteiger partial charge in [-0.3, -0.25) is 14.4 Å². The van der Waals surface area contributed by atoms with E-state index in [9.17, 15) is 14.4 Å². The Morgan fingerprint density at radius 1 is 1.21 bits per heavy atom. The van der Waals surface area contributed by atoms with Crippen LogP contribution in [-0.2, 0) is 14.4 Å². The lowest BCUT2D eigenvalue weighted by atomic mass is 10.1. The van der Waals surface area contributed by atoms with Crippen LogP contribution in [0.1, 0.15) is 31.7 Å². The molecule has 0 saturated heterocycles. The highest BCUT2D eigenvalue weighted by Gasteiger charge is 2.16. The van der Waals surface area contributed by atoms with Crippen LogP contribution in [-0.4, -0.2) is 35.6 Å². The number of nitrogens with one attached hydrogen (secondary N) is 2. The Hall–Kier alpha value is -2.90. The maximum absolute atomic E-state index is 11.8. The van der Waals surface area contributed by atoms with Crippen molar-refractivity contribution in [1.29, 1.82) is 0 Å². The first-order valence-corrected chi connectivity index (χ1v) is 7.59. The molecule has 0 aliphatic heterocycles. The molecule has 1 atom stereocenters. The molecule has 1 aromatic rings. The quantitative estimate of drug-likeness (QED) is 0.303. The maximum Gasteiger partial charge on any atom is 0.308 e. The molecule has 24 heavy (non-hydrogen) atoms. The number of aliphatic carboxylic acids is 1. The first-order chi connectivity index (χ1) is 11.5. The Balaban J connectivity index is 2.35. The fourth-order valence-electron chi connectivity index (χ4n) is 1.92. The van der Waals surface area contributed by atoms with Gasteiger partial charge in [-0.05, 0) is 24.1 Å². The predicted octanol–water partition coefficient (Wildman–Crippen LogP) is 0.925. The van der Waals surface area contributed by atoms with Crippen LogP contribution in [0.2, 0.25) is 0 Å². The molecule has 0 radical (unpaired) electrons. The number of carbonyl (C=O) groups is 3. The van der Waals surface area contributed by atoms with E-state index in [0.29, 0.717) is 12.1 Å². The minimum atomic E-state index is -0.946. The van der Waals surface area contributed by atoms with Crippen LogP contribution < -0.4 is 16.5 Å². The first kappa shape index (κ1) is 19.1. The van der Waals surface area contributed by atoms with Crippen LogP contribution in [0.25, 0.3) is 0 Å². The van der Waals surface area contributed by atoms with Gasteiger partial charge >= 0.3 is 5.97 Å². The van der Waals surface area contributed by atoms with E-state index in [4.69, 9.17) is 10.9 Å². The normalized spacial score (nSPS) is 11.9. The van der Waals surface area contributed by atoms with Gasteiger partial charge in [0, 0.05) is 25.1 Å². The van der Waals surface area contributed by atoms with Crippen molar-refractivity contribution in [3.05, 3.63) is 29.8 Å². The maximum atomic E-state index is 11.8. The number of anilines is 1. The van der Waals surface area contributed by atoms with Gasteiger partial charge in [-0.15, -0.1) is 0 Å². The number of hydrogen-bond donors (Lipinski definition) is 4. The van der Waals surface area contributed by atoms with Crippen molar-refractivity contribution in [3.8, 4) is 0 Å². The summed E-state index contributed by atoms with van der Waals surface area (Å²) in [4.78, 5) is 34.3. The van der Waals surface area contributed by atoms with Crippen LogP contribution in [0.4, 0.5) is 5.69 Å². The summed E-state index contributed by atoms with van der Waals surface area (Å²) in [5.74, 6) is 2.84. The molecule has 1 unspecified atom stereocenters. The molecule has 0 saturated carbocycles. The van der Waals surface area contributed by atoms with Crippen molar-refractivity contribution in [2.45, 2.75) is 26.2 Å². The fourth-order valence-corrected chi connectivity index (χ4v) is 1.92. The molecule has 1 rings (SSSR count). The predicted molar refractivity (Wildman–Crippen MR) is 90.5 cm³/mol. The number of nitrogens with zero attached hydrogens (tertiary/aromatic N) is 1. The van der Waals surface area contributed by atoms with Gasteiger partial charge in [0.25, 0.3) is 0 Å². The van der Waals surface area contributed by atoms with E-state index in [1.807, 2.05) is 0 Å². The second-order valence-electron chi connectivity index (χ2n) is 5.20. The Bertz CT molecular complexity index is 599. The average Bonchev–Trinajstić information content (AvgIpc) is 2.55. The Morgan fingerprint density at radius 3 is 2.38 bits per heavy atom. The molecule has 1 aromatic carbocycles. The zero-order valence-corrected chi connectivity index (χ0v) is 13.5. The molecule has 0 aliphatic rings. The van der Waals surface area contributed by atoms with Gasteiger partial charge in [-0.1, -0.05) is 19.1 Å². The van der Waals surface area contributed by atoms with Gasteiger partial charge in [0.15, 0.2) is 0 Å². The summed E-state index contributed by atoms with van der Waals surface area (Å²) in [6, 6.07) is 6.90. The molecule has 0 bridgehead atoms. The van der Waals surface area contributed by atoms with E-state index < -0.39 is 11.9 Å². The number of carboxylic acid groups (broad SMARTS) is 1. The molecule has 8 heteroatoms. The van der Waals surface area contributed by atoms with Crippen molar-refractivity contribution in [3.63, 3.8) is 0 Å². The highest BCUT2D eigenvalue weighted by atomic mass is 16.4. The minimum absolute atomic E-state index is 0.000197. The second-order valence-corrected chi connectivity index (χ2v) is 5.20. The number of amides is 2. The molecule has 0 fully saturated rings. The third-order valence-corrected chi connectivity index (χ3v) is 3.38. The first-order valence-electron chi connectivity index (χ1n) is 7.59. The van der Waals surface area contributed by atoms with Gasteiger partial charge in [0.1, 0.15) is 0 Å². The number of carboxylic acids is 1. The number of rotatable bonds is 9. The Labute approximate surface area is 140 Å². The summed E-state index contributed by atoms with van der Waals surface area (Å²) in [5, 5.41) is 17.5. The zero-order chi connectivity index (χ0) is 17.9. The van der Waals surface area contributed by atoms with Crippen LogP contribution >= 0.6 is 0 Å². The molecule has 5 N–H and O–H groups in total. The summed E-state index contributed by atoms with van der Waals surface area (Å²) < 4.78 is 0. The second kappa shape index (κ2) is 9.98. The van der Waals surface area contributed by atoms with Gasteiger partial charge in [-0.25, -0.2) is 0 Å². The van der Waals surface area contributed by atoms with E-state index >= 15 is 0 Å². The molecule has 0 spiro atoms. The molecular formula is C16H22N4O4. The summed E-state index contributed by atoms with van der Waals surface area (Å²) in [5.41, 5.74) is 1.41. The fraction of sp³-hybridized carbons (Fsp3) is 0.375. The molecule has 8 nitrogen and oxygen atoms in total. The van der Waals surface area contributed by atoms with E-state index in [0.717, 1.165) is 5.56 Å². The Kier molecular flexibility index (Phi) is 7.97. The third kappa shape index (κ3) is 6.91. The van der Waals surface area contributed by atoms with E-state index in [2.05, 4.69) is 15.7 Å². The number of nitrogens with two attached hydrogens (primary N) is 1. The topological polar surface area (TPSA) is 134 Å². The van der Waals surface area contributed by atoms with Crippen molar-refractivity contribution in [1.82, 2.24) is 5.32 Å². The standard InChI is InChI=1S/C16H22N4O4/c1-2-12(16(23)24)10-18-14(21)7-8-15(22)20-13-5-3-11(4-6-13)9-19-17/h3-6,9,12H,2,7-8,10,17H2,1H3,(H,18,21)(H,20,22)(H,23,24). The molecule has 2 amide bonds. The largest absolute Gasteiger partial charge is 0.481 e. The smallest absolute Gasteiger partial charge is 0.308 e. The molecule has 0 aliphatic carbocycles. The minimum Gasteiger partial charge on any atom is -0.481 e. The third-order valence-electron chi connectivity index (χ3n) is 3.38.